The van der Waals surface area contributed by atoms with Crippen LogP contribution in [-0.2, 0) is 0 Å². The number of rotatable bonds is 37. The van der Waals surface area contributed by atoms with Crippen LogP contribution in [0.2, 0.25) is 0 Å². The summed E-state index contributed by atoms with van der Waals surface area (Å²) in [5.41, 5.74) is 0. The lowest BCUT2D eigenvalue weighted by Gasteiger charge is -2.28. The Morgan fingerprint density at radius 2 is 0.500 bits per heavy atom. The molecule has 0 saturated carbocycles. The van der Waals surface area contributed by atoms with Crippen molar-refractivity contribution < 1.29 is 0 Å². The first-order valence-corrected chi connectivity index (χ1v) is 22.4. The Morgan fingerprint density at radius 3 is 0.848 bits per heavy atom. The highest BCUT2D eigenvalue weighted by Crippen LogP contribution is 2.34. The predicted octanol–water partition coefficient (Wildman–Crippen LogP) is 17.3. The smallest absolute Gasteiger partial charge is 0.0386 e. The fourth-order valence-corrected chi connectivity index (χ4v) is 8.18. The standard InChI is InChI=1S/C46H94/c1-9-13-22-34-44(8)36-29-30-40-46(39-28-21-19-25-35-43(7)31-10-2)45(38-27-20-18-24-33-42(6)12-4)37-26-17-15-14-16-23-32-41(5)11-3/h41-46H,9-40H2,1-8H3. The molecule has 0 aliphatic heterocycles. The minimum absolute atomic E-state index is 0.927. The molecule has 0 bridgehead atoms. The van der Waals surface area contributed by atoms with Gasteiger partial charge in [0.2, 0.25) is 0 Å². The highest BCUT2D eigenvalue weighted by Gasteiger charge is 2.21. The van der Waals surface area contributed by atoms with E-state index in [1.54, 1.807) is 0 Å². The van der Waals surface area contributed by atoms with Gasteiger partial charge < -0.3 is 0 Å². The van der Waals surface area contributed by atoms with E-state index in [9.17, 15) is 0 Å². The summed E-state index contributed by atoms with van der Waals surface area (Å²) < 4.78 is 0. The van der Waals surface area contributed by atoms with Crippen molar-refractivity contribution in [3.05, 3.63) is 0 Å². The van der Waals surface area contributed by atoms with Crippen molar-refractivity contribution in [2.45, 2.75) is 261 Å². The predicted molar refractivity (Wildman–Crippen MR) is 214 cm³/mol. The molecular weight excluding hydrogens is 553 g/mol. The fraction of sp³-hybridized carbons (Fsp3) is 1.00. The van der Waals surface area contributed by atoms with E-state index in [-0.39, 0.29) is 0 Å². The highest BCUT2D eigenvalue weighted by molar-refractivity contribution is 4.73. The molecule has 0 saturated heterocycles. The fourth-order valence-electron chi connectivity index (χ4n) is 8.18. The number of unbranched alkanes of at least 4 members (excludes halogenated alkanes) is 14. The molecule has 0 heterocycles. The summed E-state index contributed by atoms with van der Waals surface area (Å²) in [5.74, 6) is 5.75. The normalized spacial score (nSPS) is 15.9. The summed E-state index contributed by atoms with van der Waals surface area (Å²) in [4.78, 5) is 0. The van der Waals surface area contributed by atoms with E-state index >= 15 is 0 Å². The van der Waals surface area contributed by atoms with Crippen LogP contribution >= 0.6 is 0 Å². The van der Waals surface area contributed by atoms with Crippen LogP contribution in [0.25, 0.3) is 0 Å². The Bertz CT molecular complexity index is 564. The van der Waals surface area contributed by atoms with Gasteiger partial charge >= 0.3 is 0 Å². The van der Waals surface area contributed by atoms with Crippen LogP contribution in [0.15, 0.2) is 0 Å². The molecule has 6 atom stereocenters. The molecule has 0 nitrogen and oxygen atoms in total. The van der Waals surface area contributed by atoms with Crippen molar-refractivity contribution in [1.29, 1.82) is 0 Å². The zero-order valence-corrected chi connectivity index (χ0v) is 34.1. The van der Waals surface area contributed by atoms with E-state index in [0.29, 0.717) is 0 Å². The maximum Gasteiger partial charge on any atom is -0.0386 e. The maximum absolute atomic E-state index is 2.53. The SMILES string of the molecule is CCCCCC(C)CCCCC(CCCCCCC(C)CCC)C(CCCCCCCCC(C)CC)CCCCCCC(C)CC. The van der Waals surface area contributed by atoms with Gasteiger partial charge in [-0.2, -0.15) is 0 Å². The minimum atomic E-state index is 0.927. The van der Waals surface area contributed by atoms with Crippen molar-refractivity contribution >= 4 is 0 Å². The lowest BCUT2D eigenvalue weighted by Crippen LogP contribution is -2.16. The Hall–Kier alpha value is 0. The molecule has 0 rings (SSSR count). The van der Waals surface area contributed by atoms with Crippen LogP contribution in [0, 0.1) is 35.5 Å². The Morgan fingerprint density at radius 1 is 0.239 bits per heavy atom. The van der Waals surface area contributed by atoms with E-state index < -0.39 is 0 Å². The van der Waals surface area contributed by atoms with Crippen LogP contribution in [0.5, 0.6) is 0 Å². The largest absolute Gasteiger partial charge is 0.0654 e. The molecule has 0 radical (unpaired) electrons. The summed E-state index contributed by atoms with van der Waals surface area (Å²) in [6, 6.07) is 0. The first kappa shape index (κ1) is 46.0. The lowest BCUT2D eigenvalue weighted by atomic mass is 9.77. The van der Waals surface area contributed by atoms with Crippen molar-refractivity contribution in [3.8, 4) is 0 Å². The Balaban J connectivity index is 4.98. The molecule has 0 aliphatic carbocycles. The Labute approximate surface area is 295 Å². The third-order valence-electron chi connectivity index (χ3n) is 12.2. The molecule has 46 heavy (non-hydrogen) atoms. The summed E-state index contributed by atoms with van der Waals surface area (Å²) in [5, 5.41) is 0. The van der Waals surface area contributed by atoms with Crippen LogP contribution in [0.4, 0.5) is 0 Å². The van der Waals surface area contributed by atoms with Crippen molar-refractivity contribution in [2.75, 3.05) is 0 Å². The van der Waals surface area contributed by atoms with Gasteiger partial charge in [0.25, 0.3) is 0 Å². The van der Waals surface area contributed by atoms with E-state index in [0.717, 1.165) is 35.5 Å². The van der Waals surface area contributed by atoms with Crippen LogP contribution in [0.3, 0.4) is 0 Å². The van der Waals surface area contributed by atoms with Gasteiger partial charge in [-0.1, -0.05) is 261 Å². The second-order valence-corrected chi connectivity index (χ2v) is 17.0. The van der Waals surface area contributed by atoms with E-state index in [2.05, 4.69) is 55.4 Å². The minimum Gasteiger partial charge on any atom is -0.0654 e. The van der Waals surface area contributed by atoms with Crippen molar-refractivity contribution in [2.24, 2.45) is 35.5 Å². The molecule has 278 valence electrons. The van der Waals surface area contributed by atoms with Crippen LogP contribution in [0.1, 0.15) is 261 Å². The van der Waals surface area contributed by atoms with Crippen molar-refractivity contribution in [1.82, 2.24) is 0 Å². The average Bonchev–Trinajstić information content (AvgIpc) is 3.05. The molecule has 0 heteroatoms. The summed E-state index contributed by atoms with van der Waals surface area (Å²) >= 11 is 0. The van der Waals surface area contributed by atoms with Gasteiger partial charge in [0.05, 0.1) is 0 Å². The molecule has 0 aromatic heterocycles. The molecule has 0 N–H and O–H groups in total. The molecule has 0 aliphatic rings. The first-order valence-electron chi connectivity index (χ1n) is 22.4. The molecule has 0 spiro atoms. The maximum atomic E-state index is 2.53. The first-order chi connectivity index (χ1) is 22.4. The van der Waals surface area contributed by atoms with Crippen LogP contribution < -0.4 is 0 Å². The van der Waals surface area contributed by atoms with Gasteiger partial charge in [-0.15, -0.1) is 0 Å². The van der Waals surface area contributed by atoms with Gasteiger partial charge in [-0.05, 0) is 35.5 Å². The Kier molecular flexibility index (Phi) is 34.8. The highest BCUT2D eigenvalue weighted by atomic mass is 14.3. The molecule has 6 unspecified atom stereocenters. The molecule has 0 aromatic carbocycles. The van der Waals surface area contributed by atoms with Crippen LogP contribution in [-0.4, -0.2) is 0 Å². The summed E-state index contributed by atoms with van der Waals surface area (Å²) in [6.45, 7) is 19.3. The zero-order valence-electron chi connectivity index (χ0n) is 34.1. The van der Waals surface area contributed by atoms with E-state index in [1.807, 2.05) is 0 Å². The average molecular weight is 647 g/mol. The summed E-state index contributed by atoms with van der Waals surface area (Å²) in [6.07, 6.45) is 46.9. The lowest BCUT2D eigenvalue weighted by molar-refractivity contribution is 0.234. The number of hydrogen-bond acceptors (Lipinski definition) is 0. The molecule has 0 aromatic rings. The van der Waals surface area contributed by atoms with Gasteiger partial charge in [0.15, 0.2) is 0 Å². The second-order valence-electron chi connectivity index (χ2n) is 17.0. The summed E-state index contributed by atoms with van der Waals surface area (Å²) in [7, 11) is 0. The van der Waals surface area contributed by atoms with Gasteiger partial charge in [0, 0.05) is 0 Å². The topological polar surface area (TPSA) is 0 Å². The third-order valence-corrected chi connectivity index (χ3v) is 12.2. The number of hydrogen-bond donors (Lipinski definition) is 0. The van der Waals surface area contributed by atoms with E-state index in [4.69, 9.17) is 0 Å². The van der Waals surface area contributed by atoms with Crippen molar-refractivity contribution in [3.63, 3.8) is 0 Å². The van der Waals surface area contributed by atoms with Gasteiger partial charge in [-0.25, -0.2) is 0 Å². The molecular formula is C46H94. The monoisotopic (exact) mass is 647 g/mol. The molecule has 0 fully saturated rings. The molecule has 0 amide bonds. The second kappa shape index (κ2) is 34.8. The van der Waals surface area contributed by atoms with Gasteiger partial charge in [-0.3, -0.25) is 0 Å². The van der Waals surface area contributed by atoms with E-state index in [1.165, 1.54) is 205 Å². The van der Waals surface area contributed by atoms with Gasteiger partial charge in [0.1, 0.15) is 0 Å². The third kappa shape index (κ3) is 30.1. The quantitative estimate of drug-likeness (QED) is 0.0589. The zero-order chi connectivity index (χ0) is 34.1.